The number of amides is 1. The SMILES string of the molecule is CC(N)C(=O)NC(C)c1ccc(S(C)(=O)=O)cc1. The van der Waals surface area contributed by atoms with Crippen LogP contribution in [0.2, 0.25) is 0 Å². The Hall–Kier alpha value is -1.40. The van der Waals surface area contributed by atoms with Crippen molar-refractivity contribution in [2.24, 2.45) is 5.73 Å². The first-order chi connectivity index (χ1) is 8.21. The van der Waals surface area contributed by atoms with Crippen molar-refractivity contribution in [1.29, 1.82) is 0 Å². The van der Waals surface area contributed by atoms with E-state index in [0.717, 1.165) is 11.8 Å². The van der Waals surface area contributed by atoms with Crippen molar-refractivity contribution in [3.8, 4) is 0 Å². The second kappa shape index (κ2) is 5.49. The third kappa shape index (κ3) is 3.82. The normalized spacial score (nSPS) is 14.9. The molecule has 2 unspecified atom stereocenters. The first-order valence-corrected chi connectivity index (χ1v) is 7.47. The Labute approximate surface area is 107 Å². The van der Waals surface area contributed by atoms with Crippen molar-refractivity contribution in [3.05, 3.63) is 29.8 Å². The van der Waals surface area contributed by atoms with Crippen LogP contribution >= 0.6 is 0 Å². The second-order valence-electron chi connectivity index (χ2n) is 4.36. The summed E-state index contributed by atoms with van der Waals surface area (Å²) in [5.74, 6) is -0.241. The van der Waals surface area contributed by atoms with E-state index in [4.69, 9.17) is 5.73 Å². The van der Waals surface area contributed by atoms with Gasteiger partial charge in [0.05, 0.1) is 17.0 Å². The molecule has 0 spiro atoms. The molecule has 0 aliphatic heterocycles. The van der Waals surface area contributed by atoms with Gasteiger partial charge >= 0.3 is 0 Å². The third-order valence-corrected chi connectivity index (χ3v) is 3.71. The summed E-state index contributed by atoms with van der Waals surface area (Å²) in [7, 11) is -3.19. The van der Waals surface area contributed by atoms with Crippen molar-refractivity contribution in [2.75, 3.05) is 6.26 Å². The van der Waals surface area contributed by atoms with Gasteiger partial charge in [0.25, 0.3) is 0 Å². The van der Waals surface area contributed by atoms with Gasteiger partial charge in [0.1, 0.15) is 0 Å². The van der Waals surface area contributed by atoms with E-state index in [9.17, 15) is 13.2 Å². The lowest BCUT2D eigenvalue weighted by molar-refractivity contribution is -0.122. The fraction of sp³-hybridized carbons (Fsp3) is 0.417. The van der Waals surface area contributed by atoms with Crippen molar-refractivity contribution in [3.63, 3.8) is 0 Å². The molecule has 0 aliphatic rings. The highest BCUT2D eigenvalue weighted by Crippen LogP contribution is 2.16. The summed E-state index contributed by atoms with van der Waals surface area (Å²) in [5.41, 5.74) is 6.28. The molecule has 100 valence electrons. The highest BCUT2D eigenvalue weighted by molar-refractivity contribution is 7.90. The molecule has 1 rings (SSSR count). The van der Waals surface area contributed by atoms with Gasteiger partial charge in [0, 0.05) is 6.26 Å². The summed E-state index contributed by atoms with van der Waals surface area (Å²) in [6, 6.07) is 5.64. The van der Waals surface area contributed by atoms with Crippen LogP contribution in [-0.2, 0) is 14.6 Å². The van der Waals surface area contributed by atoms with E-state index >= 15 is 0 Å². The van der Waals surface area contributed by atoms with E-state index in [2.05, 4.69) is 5.32 Å². The summed E-state index contributed by atoms with van der Waals surface area (Å²) >= 11 is 0. The van der Waals surface area contributed by atoms with E-state index in [-0.39, 0.29) is 16.8 Å². The number of nitrogens with one attached hydrogen (secondary N) is 1. The fourth-order valence-corrected chi connectivity index (χ4v) is 2.06. The average molecular weight is 270 g/mol. The molecule has 0 saturated carbocycles. The Morgan fingerprint density at radius 2 is 1.72 bits per heavy atom. The lowest BCUT2D eigenvalue weighted by Gasteiger charge is -2.16. The molecule has 1 aromatic rings. The average Bonchev–Trinajstić information content (AvgIpc) is 2.27. The summed E-state index contributed by atoms with van der Waals surface area (Å²) in [6.07, 6.45) is 1.16. The number of nitrogens with two attached hydrogens (primary N) is 1. The van der Waals surface area contributed by atoms with Crippen LogP contribution in [0.3, 0.4) is 0 Å². The standard InChI is InChI=1S/C12H18N2O3S/c1-8(13)12(15)14-9(2)10-4-6-11(7-5-10)18(3,16)17/h4-9H,13H2,1-3H3,(H,14,15). The van der Waals surface area contributed by atoms with Gasteiger partial charge < -0.3 is 11.1 Å². The molecule has 0 aromatic heterocycles. The Morgan fingerprint density at radius 1 is 1.22 bits per heavy atom. The lowest BCUT2D eigenvalue weighted by Crippen LogP contribution is -2.39. The summed E-state index contributed by atoms with van der Waals surface area (Å²) in [4.78, 5) is 11.7. The van der Waals surface area contributed by atoms with Crippen LogP contribution in [0, 0.1) is 0 Å². The number of carbonyl (C=O) groups is 1. The van der Waals surface area contributed by atoms with Gasteiger partial charge in [-0.2, -0.15) is 0 Å². The molecule has 0 bridgehead atoms. The van der Waals surface area contributed by atoms with E-state index in [0.29, 0.717) is 0 Å². The summed E-state index contributed by atoms with van der Waals surface area (Å²) in [6.45, 7) is 3.42. The Kier molecular flexibility index (Phi) is 4.48. The maximum Gasteiger partial charge on any atom is 0.237 e. The fourth-order valence-electron chi connectivity index (χ4n) is 1.43. The molecule has 0 heterocycles. The van der Waals surface area contributed by atoms with Crippen LogP contribution in [0.5, 0.6) is 0 Å². The molecule has 1 aromatic carbocycles. The quantitative estimate of drug-likeness (QED) is 0.839. The van der Waals surface area contributed by atoms with E-state index < -0.39 is 15.9 Å². The molecule has 5 nitrogen and oxygen atoms in total. The monoisotopic (exact) mass is 270 g/mol. The molecule has 18 heavy (non-hydrogen) atoms. The number of hydrogen-bond donors (Lipinski definition) is 2. The minimum Gasteiger partial charge on any atom is -0.348 e. The molecular formula is C12H18N2O3S. The van der Waals surface area contributed by atoms with Gasteiger partial charge in [-0.1, -0.05) is 12.1 Å². The topological polar surface area (TPSA) is 89.3 Å². The molecule has 0 fully saturated rings. The van der Waals surface area contributed by atoms with Gasteiger partial charge in [-0.25, -0.2) is 8.42 Å². The number of rotatable bonds is 4. The van der Waals surface area contributed by atoms with Crippen LogP contribution in [0.15, 0.2) is 29.2 Å². The van der Waals surface area contributed by atoms with Gasteiger partial charge in [0.15, 0.2) is 9.84 Å². The van der Waals surface area contributed by atoms with Crippen LogP contribution in [0.1, 0.15) is 25.5 Å². The summed E-state index contributed by atoms with van der Waals surface area (Å²) in [5, 5.41) is 2.74. The highest BCUT2D eigenvalue weighted by Gasteiger charge is 2.13. The Bertz CT molecular complexity index is 521. The number of hydrogen-bond acceptors (Lipinski definition) is 4. The minimum absolute atomic E-state index is 0.211. The number of sulfone groups is 1. The van der Waals surface area contributed by atoms with Gasteiger partial charge in [-0.15, -0.1) is 0 Å². The predicted octanol–water partition coefficient (Wildman–Crippen LogP) is 0.615. The van der Waals surface area contributed by atoms with Crippen molar-refractivity contribution in [2.45, 2.75) is 30.8 Å². The van der Waals surface area contributed by atoms with Crippen LogP contribution in [0.25, 0.3) is 0 Å². The summed E-state index contributed by atoms with van der Waals surface area (Å²) < 4.78 is 22.6. The maximum absolute atomic E-state index is 11.4. The molecule has 6 heteroatoms. The van der Waals surface area contributed by atoms with E-state index in [1.807, 2.05) is 6.92 Å². The molecule has 2 atom stereocenters. The number of carbonyl (C=O) groups excluding carboxylic acids is 1. The molecular weight excluding hydrogens is 252 g/mol. The predicted molar refractivity (Wildman–Crippen MR) is 69.8 cm³/mol. The third-order valence-electron chi connectivity index (χ3n) is 2.58. The van der Waals surface area contributed by atoms with Crippen LogP contribution in [-0.4, -0.2) is 26.6 Å². The molecule has 0 radical (unpaired) electrons. The zero-order valence-corrected chi connectivity index (χ0v) is 11.5. The minimum atomic E-state index is -3.19. The Morgan fingerprint density at radius 3 is 2.11 bits per heavy atom. The molecule has 0 saturated heterocycles. The first kappa shape index (κ1) is 14.7. The van der Waals surface area contributed by atoms with Crippen LogP contribution < -0.4 is 11.1 Å². The van der Waals surface area contributed by atoms with Crippen LogP contribution in [0.4, 0.5) is 0 Å². The van der Waals surface area contributed by atoms with Gasteiger partial charge in [0.2, 0.25) is 5.91 Å². The zero-order chi connectivity index (χ0) is 13.9. The largest absolute Gasteiger partial charge is 0.348 e. The molecule has 3 N–H and O–H groups in total. The second-order valence-corrected chi connectivity index (χ2v) is 6.38. The van der Waals surface area contributed by atoms with E-state index in [1.54, 1.807) is 19.1 Å². The van der Waals surface area contributed by atoms with E-state index in [1.165, 1.54) is 12.1 Å². The van der Waals surface area contributed by atoms with Gasteiger partial charge in [-0.05, 0) is 31.5 Å². The maximum atomic E-state index is 11.4. The smallest absolute Gasteiger partial charge is 0.237 e. The van der Waals surface area contributed by atoms with Crippen molar-refractivity contribution in [1.82, 2.24) is 5.32 Å². The first-order valence-electron chi connectivity index (χ1n) is 5.58. The highest BCUT2D eigenvalue weighted by atomic mass is 32.2. The number of benzene rings is 1. The molecule has 0 aliphatic carbocycles. The van der Waals surface area contributed by atoms with Gasteiger partial charge in [-0.3, -0.25) is 4.79 Å². The van der Waals surface area contributed by atoms with Crippen molar-refractivity contribution >= 4 is 15.7 Å². The van der Waals surface area contributed by atoms with Crippen molar-refractivity contribution < 1.29 is 13.2 Å². The lowest BCUT2D eigenvalue weighted by atomic mass is 10.1. The molecule has 1 amide bonds. The zero-order valence-electron chi connectivity index (χ0n) is 10.7. The Balaban J connectivity index is 2.83.